The van der Waals surface area contributed by atoms with E-state index in [9.17, 15) is 9.59 Å². The van der Waals surface area contributed by atoms with E-state index >= 15 is 0 Å². The minimum Gasteiger partial charge on any atom is -0.361 e. The maximum absolute atomic E-state index is 11.3. The minimum absolute atomic E-state index is 0.00417. The number of likely N-dealkylation sites (N-methyl/N-ethyl adjacent to an activating group) is 1. The fourth-order valence-corrected chi connectivity index (χ4v) is 1.91. The van der Waals surface area contributed by atoms with Gasteiger partial charge in [0.1, 0.15) is 19.3 Å². The number of nitrogens with zero attached hydrogens (tertiary/aromatic N) is 2. The Morgan fingerprint density at radius 3 is 2.10 bits per heavy atom. The molecule has 0 spiro atoms. The summed E-state index contributed by atoms with van der Waals surface area (Å²) in [5.41, 5.74) is 0.834. The van der Waals surface area contributed by atoms with E-state index in [0.717, 1.165) is 5.71 Å². The fourth-order valence-electron chi connectivity index (χ4n) is 1.91. The second kappa shape index (κ2) is 25.1. The van der Waals surface area contributed by atoms with E-state index in [-0.39, 0.29) is 18.4 Å². The molecule has 2 amide bonds. The van der Waals surface area contributed by atoms with Gasteiger partial charge in [0.25, 0.3) is 0 Å². The Balaban J connectivity index is -0.000000436. The Morgan fingerprint density at radius 2 is 1.65 bits per heavy atom. The van der Waals surface area contributed by atoms with Crippen LogP contribution in [0.5, 0.6) is 0 Å². The minimum atomic E-state index is -0.0202. The average molecular weight is 439 g/mol. The number of nitrogens with one attached hydrogen (secondary N) is 3. The van der Waals surface area contributed by atoms with Gasteiger partial charge in [-0.05, 0) is 37.6 Å². The van der Waals surface area contributed by atoms with Gasteiger partial charge in [-0.2, -0.15) is 0 Å². The van der Waals surface area contributed by atoms with E-state index < -0.39 is 0 Å². The molecule has 178 valence electrons. The molecule has 0 fully saturated rings. The number of hydrogen-bond acceptors (Lipinski definition) is 5. The third-order valence-electron chi connectivity index (χ3n) is 3.22. The number of anilines is 1. The van der Waals surface area contributed by atoms with E-state index in [1.807, 2.05) is 78.8 Å². The lowest BCUT2D eigenvalue weighted by molar-refractivity contribution is -0.760. The van der Waals surface area contributed by atoms with E-state index in [2.05, 4.69) is 20.9 Å². The van der Waals surface area contributed by atoms with Crippen LogP contribution in [-0.4, -0.2) is 61.0 Å². The highest BCUT2D eigenvalue weighted by Gasteiger charge is 2.13. The van der Waals surface area contributed by atoms with E-state index in [1.54, 1.807) is 25.1 Å². The van der Waals surface area contributed by atoms with Gasteiger partial charge in [-0.3, -0.25) is 14.4 Å². The van der Waals surface area contributed by atoms with Crippen LogP contribution in [0.25, 0.3) is 0 Å². The van der Waals surface area contributed by atoms with Crippen molar-refractivity contribution in [3.8, 4) is 0 Å². The molecule has 31 heavy (non-hydrogen) atoms. The highest BCUT2D eigenvalue weighted by atomic mass is 16.6. The van der Waals surface area contributed by atoms with E-state index in [0.29, 0.717) is 25.3 Å². The molecule has 0 atom stereocenters. The Labute approximate surface area is 189 Å². The predicted molar refractivity (Wildman–Crippen MR) is 130 cm³/mol. The van der Waals surface area contributed by atoms with Gasteiger partial charge < -0.3 is 16.0 Å². The molecule has 8 heteroatoms. The molecule has 0 aliphatic rings. The first-order chi connectivity index (χ1) is 15.0. The summed E-state index contributed by atoms with van der Waals surface area (Å²) in [5.74, 6) is 0.700. The van der Waals surface area contributed by atoms with Crippen molar-refractivity contribution in [2.24, 2.45) is 0 Å². The number of carbonyl (C=O) groups excluding carboxylic acids is 2. The summed E-state index contributed by atoms with van der Waals surface area (Å²) in [6.45, 7) is 15.3. The van der Waals surface area contributed by atoms with Crippen LogP contribution in [0.1, 0.15) is 54.9 Å². The Bertz CT molecular complexity index is 617. The molecule has 0 saturated heterocycles. The molecular weight excluding hydrogens is 394 g/mol. The van der Waals surface area contributed by atoms with Gasteiger partial charge in [0.05, 0.1) is 6.54 Å². The number of hydrogen-bond donors (Lipinski definition) is 3. The van der Waals surface area contributed by atoms with Crippen LogP contribution in [0.3, 0.4) is 0 Å². The summed E-state index contributed by atoms with van der Waals surface area (Å²) in [4.78, 5) is 31.3. The number of amides is 2. The zero-order valence-electron chi connectivity index (χ0n) is 20.9. The molecule has 8 nitrogen and oxygen atoms in total. The van der Waals surface area contributed by atoms with Gasteiger partial charge in [0.15, 0.2) is 7.05 Å². The maximum atomic E-state index is 11.3. The van der Waals surface area contributed by atoms with Crippen molar-refractivity contribution >= 4 is 23.3 Å². The molecule has 0 aliphatic heterocycles. The lowest BCUT2D eigenvalue weighted by Gasteiger charge is -2.04. The second-order valence-electron chi connectivity index (χ2n) is 5.32. The van der Waals surface area contributed by atoms with Gasteiger partial charge >= 0.3 is 0 Å². The molecule has 0 unspecified atom stereocenters. The van der Waals surface area contributed by atoms with Gasteiger partial charge in [0.2, 0.25) is 17.5 Å². The smallest absolute Gasteiger partial charge is 0.239 e. The quantitative estimate of drug-likeness (QED) is 0.312. The molecule has 0 saturated carbocycles. The van der Waals surface area contributed by atoms with Crippen LogP contribution in [0.4, 0.5) is 5.82 Å². The number of aromatic nitrogens is 1. The normalized spacial score (nSPS) is 9.97. The first kappa shape index (κ1) is 32.8. The maximum Gasteiger partial charge on any atom is 0.239 e. The summed E-state index contributed by atoms with van der Waals surface area (Å²) in [7, 11) is 3.34. The van der Waals surface area contributed by atoms with Gasteiger partial charge in [-0.25, -0.2) is 4.98 Å². The summed E-state index contributed by atoms with van der Waals surface area (Å²) in [5, 5.41) is 8.33. The molecule has 0 bridgehead atoms. The van der Waals surface area contributed by atoms with Crippen LogP contribution in [0.15, 0.2) is 36.5 Å². The molecule has 0 aliphatic carbocycles. The number of pyridine rings is 1. The Morgan fingerprint density at radius 1 is 1.06 bits per heavy atom. The first-order valence-electron chi connectivity index (χ1n) is 10.9. The number of hydroxylamine groups is 1. The third-order valence-corrected chi connectivity index (χ3v) is 3.22. The standard InChI is InChI=1S/C10H18N2O2.C9H13N3O.2C2H6/c1-5-7-9(12(3)14-4)8-10(13)11-6-2;1-2-10-9(13)7-12-8-5-3-4-6-11-8;2*1-2/h5,7H,6,8H2,1-4H3;3-6H,2,7H2,1H3,(H,10,13)(H,11,12);2*1-2H3/p+1/b7-5-,12-9-;;;. The van der Waals surface area contributed by atoms with Crippen molar-refractivity contribution in [1.82, 2.24) is 15.6 Å². The molecule has 1 aromatic heterocycles. The topological polar surface area (TPSA) is 95.4 Å². The highest BCUT2D eigenvalue weighted by Crippen LogP contribution is 1.97. The molecule has 1 heterocycles. The van der Waals surface area contributed by atoms with Gasteiger partial charge in [-0.15, -0.1) is 0 Å². The number of allylic oxidation sites excluding steroid dienone is 2. The first-order valence-corrected chi connectivity index (χ1v) is 10.9. The largest absolute Gasteiger partial charge is 0.361 e. The number of rotatable bonds is 9. The Kier molecular flexibility index (Phi) is 26.6. The van der Waals surface area contributed by atoms with Crippen molar-refractivity contribution in [2.45, 2.75) is 54.9 Å². The Hall–Kier alpha value is -2.90. The highest BCUT2D eigenvalue weighted by molar-refractivity contribution is 6.04. The van der Waals surface area contributed by atoms with Gasteiger partial charge in [0, 0.05) is 25.4 Å². The summed E-state index contributed by atoms with van der Waals surface area (Å²) in [6, 6.07) is 5.52. The molecule has 1 aromatic rings. The van der Waals surface area contributed by atoms with Crippen LogP contribution in [0, 0.1) is 0 Å². The van der Waals surface area contributed by atoms with Crippen LogP contribution in [0.2, 0.25) is 0 Å². The van der Waals surface area contributed by atoms with Crippen LogP contribution >= 0.6 is 0 Å². The van der Waals surface area contributed by atoms with Crippen molar-refractivity contribution in [1.29, 1.82) is 0 Å². The molecule has 3 N–H and O–H groups in total. The van der Waals surface area contributed by atoms with Crippen molar-refractivity contribution in [3.63, 3.8) is 0 Å². The predicted octanol–water partition coefficient (Wildman–Crippen LogP) is 3.42. The monoisotopic (exact) mass is 438 g/mol. The average Bonchev–Trinajstić information content (AvgIpc) is 2.81. The molecule has 0 radical (unpaired) electrons. The zero-order chi connectivity index (χ0) is 24.5. The molecule has 0 aromatic carbocycles. The zero-order valence-corrected chi connectivity index (χ0v) is 20.9. The van der Waals surface area contributed by atoms with Crippen molar-refractivity contribution < 1.29 is 19.2 Å². The van der Waals surface area contributed by atoms with E-state index in [1.165, 1.54) is 0 Å². The lowest BCUT2D eigenvalue weighted by Crippen LogP contribution is -2.29. The lowest BCUT2D eigenvalue weighted by atomic mass is 10.2. The summed E-state index contributed by atoms with van der Waals surface area (Å²) in [6.07, 6.45) is 5.76. The van der Waals surface area contributed by atoms with Crippen molar-refractivity contribution in [3.05, 3.63) is 36.5 Å². The van der Waals surface area contributed by atoms with Crippen molar-refractivity contribution in [2.75, 3.05) is 39.1 Å². The molecular formula is C23H44N5O3+. The van der Waals surface area contributed by atoms with Crippen LogP contribution < -0.4 is 16.0 Å². The number of carbonyl (C=O) groups is 2. The third kappa shape index (κ3) is 20.2. The van der Waals surface area contributed by atoms with E-state index in [4.69, 9.17) is 4.84 Å². The summed E-state index contributed by atoms with van der Waals surface area (Å²) >= 11 is 0. The fraction of sp³-hybridized carbons (Fsp3) is 0.565. The summed E-state index contributed by atoms with van der Waals surface area (Å²) < 4.78 is 1.58. The second-order valence-corrected chi connectivity index (χ2v) is 5.32. The van der Waals surface area contributed by atoms with Gasteiger partial charge in [-0.1, -0.05) is 39.8 Å². The SMILES string of the molecule is C/C=C\C(CC(=O)NCC)=[N+](/C)OC.CC.CC.CCNC(=O)CNc1ccccn1. The van der Waals surface area contributed by atoms with Crippen LogP contribution in [-0.2, 0) is 14.4 Å². The molecule has 1 rings (SSSR count).